The Morgan fingerprint density at radius 3 is 2.72 bits per heavy atom. The topological polar surface area (TPSA) is 114 Å². The number of hydrogen-bond acceptors (Lipinski definition) is 5. The van der Waals surface area contributed by atoms with Gasteiger partial charge in [0, 0.05) is 12.2 Å². The number of anilines is 1. The summed E-state index contributed by atoms with van der Waals surface area (Å²) in [6.45, 7) is 3.21. The van der Waals surface area contributed by atoms with Crippen LogP contribution < -0.4 is 15.8 Å². The fourth-order valence-electron chi connectivity index (χ4n) is 1.23. The molecule has 0 saturated carbocycles. The van der Waals surface area contributed by atoms with Gasteiger partial charge in [-0.05, 0) is 26.0 Å². The Balaban J connectivity index is 2.72. The van der Waals surface area contributed by atoms with Gasteiger partial charge in [0.25, 0.3) is 10.0 Å². The number of hydrogen-bond donors (Lipinski definition) is 3. The van der Waals surface area contributed by atoms with Crippen molar-refractivity contribution in [3.05, 3.63) is 18.3 Å². The number of aromatic nitrogens is 1. The Kier molecular flexibility index (Phi) is 4.62. The minimum Gasteiger partial charge on any atom is -0.396 e. The van der Waals surface area contributed by atoms with E-state index in [0.717, 1.165) is 0 Å². The maximum absolute atomic E-state index is 11.8. The van der Waals surface area contributed by atoms with Crippen molar-refractivity contribution in [2.24, 2.45) is 0 Å². The number of nitrogens with zero attached hydrogens (tertiary/aromatic N) is 1. The predicted octanol–water partition coefficient (Wildman–Crippen LogP) is -0.533. The van der Waals surface area contributed by atoms with Crippen LogP contribution >= 0.6 is 0 Å². The molecule has 0 aliphatic carbocycles. The van der Waals surface area contributed by atoms with E-state index < -0.39 is 15.9 Å². The van der Waals surface area contributed by atoms with Crippen molar-refractivity contribution in [2.45, 2.75) is 24.9 Å². The maximum atomic E-state index is 11.8. The summed E-state index contributed by atoms with van der Waals surface area (Å²) in [6, 6.07) is 2.90. The normalized spacial score (nSPS) is 11.5. The average Bonchev–Trinajstić information content (AvgIpc) is 2.26. The van der Waals surface area contributed by atoms with Crippen LogP contribution in [0.25, 0.3) is 0 Å². The summed E-state index contributed by atoms with van der Waals surface area (Å²) >= 11 is 0. The van der Waals surface area contributed by atoms with Crippen LogP contribution in [0.3, 0.4) is 0 Å². The van der Waals surface area contributed by atoms with Crippen molar-refractivity contribution in [3.8, 4) is 0 Å². The van der Waals surface area contributed by atoms with Crippen molar-refractivity contribution in [2.75, 3.05) is 12.3 Å². The second-order valence-electron chi connectivity index (χ2n) is 3.94. The molecule has 100 valence electrons. The van der Waals surface area contributed by atoms with Gasteiger partial charge >= 0.3 is 0 Å². The first-order valence-electron chi connectivity index (χ1n) is 5.32. The SMILES string of the molecule is CC(C)NC(=O)CNS(=O)(=O)c1ncccc1N. The number of nitrogens with one attached hydrogen (secondary N) is 2. The number of carbonyl (C=O) groups excluding carboxylic acids is 1. The molecule has 0 aromatic carbocycles. The van der Waals surface area contributed by atoms with Gasteiger partial charge in [-0.3, -0.25) is 4.79 Å². The van der Waals surface area contributed by atoms with Gasteiger partial charge in [-0.2, -0.15) is 0 Å². The van der Waals surface area contributed by atoms with Crippen molar-refractivity contribution in [1.82, 2.24) is 15.0 Å². The van der Waals surface area contributed by atoms with Crippen molar-refractivity contribution in [3.63, 3.8) is 0 Å². The molecule has 1 rings (SSSR count). The maximum Gasteiger partial charge on any atom is 0.260 e. The quantitative estimate of drug-likeness (QED) is 0.666. The molecule has 8 heteroatoms. The summed E-state index contributed by atoms with van der Waals surface area (Å²) in [4.78, 5) is 15.0. The summed E-state index contributed by atoms with van der Waals surface area (Å²) in [6.07, 6.45) is 1.32. The third-order valence-electron chi connectivity index (χ3n) is 1.93. The van der Waals surface area contributed by atoms with Gasteiger partial charge in [0.15, 0.2) is 5.03 Å². The first-order valence-corrected chi connectivity index (χ1v) is 6.81. The highest BCUT2D eigenvalue weighted by atomic mass is 32.2. The van der Waals surface area contributed by atoms with Gasteiger partial charge in [-0.15, -0.1) is 0 Å². The molecular weight excluding hydrogens is 256 g/mol. The molecule has 0 radical (unpaired) electrons. The Morgan fingerprint density at radius 2 is 2.17 bits per heavy atom. The van der Waals surface area contributed by atoms with Crippen LogP contribution in [0.5, 0.6) is 0 Å². The van der Waals surface area contributed by atoms with Gasteiger partial charge < -0.3 is 11.1 Å². The summed E-state index contributed by atoms with van der Waals surface area (Å²) in [5.74, 6) is -0.414. The molecule has 0 unspecified atom stereocenters. The predicted molar refractivity (Wildman–Crippen MR) is 67.1 cm³/mol. The van der Waals surface area contributed by atoms with E-state index >= 15 is 0 Å². The van der Waals surface area contributed by atoms with Gasteiger partial charge in [0.1, 0.15) is 0 Å². The standard InChI is InChI=1S/C10H16N4O3S/c1-7(2)14-9(15)6-13-18(16,17)10-8(11)4-3-5-12-10/h3-5,7,13H,6,11H2,1-2H3,(H,14,15). The zero-order chi connectivity index (χ0) is 13.8. The average molecular weight is 272 g/mol. The third kappa shape index (κ3) is 3.97. The zero-order valence-corrected chi connectivity index (χ0v) is 11.0. The van der Waals surface area contributed by atoms with E-state index in [4.69, 9.17) is 5.73 Å². The number of sulfonamides is 1. The molecule has 0 bridgehead atoms. The van der Waals surface area contributed by atoms with Crippen molar-refractivity contribution >= 4 is 21.6 Å². The fourth-order valence-corrected chi connectivity index (χ4v) is 2.27. The van der Waals surface area contributed by atoms with Crippen LogP contribution in [0.4, 0.5) is 5.69 Å². The molecule has 0 atom stereocenters. The smallest absolute Gasteiger partial charge is 0.260 e. The Bertz CT molecular complexity index is 528. The van der Waals surface area contributed by atoms with E-state index in [1.54, 1.807) is 13.8 Å². The lowest BCUT2D eigenvalue weighted by Crippen LogP contribution is -2.40. The molecule has 0 saturated heterocycles. The number of nitrogen functional groups attached to an aromatic ring is 1. The molecule has 0 aliphatic rings. The molecule has 1 aromatic rings. The largest absolute Gasteiger partial charge is 0.396 e. The van der Waals surface area contributed by atoms with E-state index in [0.29, 0.717) is 0 Å². The highest BCUT2D eigenvalue weighted by Gasteiger charge is 2.19. The number of rotatable bonds is 5. The molecule has 0 spiro atoms. The number of carbonyl (C=O) groups is 1. The molecule has 1 amide bonds. The minimum atomic E-state index is -3.87. The van der Waals surface area contributed by atoms with E-state index in [2.05, 4.69) is 15.0 Å². The summed E-state index contributed by atoms with van der Waals surface area (Å²) < 4.78 is 25.8. The first-order chi connectivity index (χ1) is 8.33. The van der Waals surface area contributed by atoms with Gasteiger partial charge in [-0.25, -0.2) is 18.1 Å². The van der Waals surface area contributed by atoms with Gasteiger partial charge in [0.2, 0.25) is 5.91 Å². The molecule has 4 N–H and O–H groups in total. The number of nitrogens with two attached hydrogens (primary N) is 1. The van der Waals surface area contributed by atoms with Gasteiger partial charge in [-0.1, -0.05) is 0 Å². The third-order valence-corrected chi connectivity index (χ3v) is 3.30. The van der Waals surface area contributed by atoms with Crippen LogP contribution in [0, 0.1) is 0 Å². The van der Waals surface area contributed by atoms with Crippen LogP contribution in [0.1, 0.15) is 13.8 Å². The van der Waals surface area contributed by atoms with Crippen LogP contribution in [0.15, 0.2) is 23.4 Å². The lowest BCUT2D eigenvalue weighted by molar-refractivity contribution is -0.120. The molecule has 0 aliphatic heterocycles. The van der Waals surface area contributed by atoms with Crippen molar-refractivity contribution in [1.29, 1.82) is 0 Å². The number of pyridine rings is 1. The summed E-state index contributed by atoms with van der Waals surface area (Å²) in [5, 5.41) is 2.29. The van der Waals surface area contributed by atoms with E-state index in [-0.39, 0.29) is 23.3 Å². The Labute approximate surface area is 106 Å². The van der Waals surface area contributed by atoms with Gasteiger partial charge in [0.05, 0.1) is 12.2 Å². The zero-order valence-electron chi connectivity index (χ0n) is 10.2. The van der Waals surface area contributed by atoms with Crippen molar-refractivity contribution < 1.29 is 13.2 Å². The molecule has 0 fully saturated rings. The fraction of sp³-hybridized carbons (Fsp3) is 0.400. The van der Waals surface area contributed by atoms with Crippen LogP contribution in [0.2, 0.25) is 0 Å². The highest BCUT2D eigenvalue weighted by molar-refractivity contribution is 7.89. The van der Waals surface area contributed by atoms with Crippen LogP contribution in [-0.4, -0.2) is 31.9 Å². The lowest BCUT2D eigenvalue weighted by atomic mass is 10.4. The Hall–Kier alpha value is -1.67. The molecule has 1 heterocycles. The molecule has 18 heavy (non-hydrogen) atoms. The molecule has 1 aromatic heterocycles. The second kappa shape index (κ2) is 5.78. The molecule has 7 nitrogen and oxygen atoms in total. The summed E-state index contributed by atoms with van der Waals surface area (Å²) in [7, 11) is -3.87. The Morgan fingerprint density at radius 1 is 1.50 bits per heavy atom. The summed E-state index contributed by atoms with van der Waals surface area (Å²) in [5.41, 5.74) is 5.55. The van der Waals surface area contributed by atoms with E-state index in [1.807, 2.05) is 0 Å². The number of amides is 1. The van der Waals surface area contributed by atoms with E-state index in [1.165, 1.54) is 18.3 Å². The lowest BCUT2D eigenvalue weighted by Gasteiger charge is -2.10. The molecular formula is C10H16N4O3S. The van der Waals surface area contributed by atoms with E-state index in [9.17, 15) is 13.2 Å². The second-order valence-corrected chi connectivity index (χ2v) is 5.63. The minimum absolute atomic E-state index is 0.0364. The first kappa shape index (κ1) is 14.4. The monoisotopic (exact) mass is 272 g/mol. The van der Waals surface area contributed by atoms with Crippen LogP contribution in [-0.2, 0) is 14.8 Å². The highest BCUT2D eigenvalue weighted by Crippen LogP contribution is 2.12.